The first-order valence-electron chi connectivity index (χ1n) is 12.0. The van der Waals surface area contributed by atoms with Crippen molar-refractivity contribution in [3.05, 3.63) is 65.9 Å². The van der Waals surface area contributed by atoms with E-state index in [1.165, 1.54) is 6.08 Å². The van der Waals surface area contributed by atoms with Crippen molar-refractivity contribution in [2.24, 2.45) is 5.92 Å². The molecule has 0 bridgehead atoms. The van der Waals surface area contributed by atoms with Crippen molar-refractivity contribution < 1.29 is 19.1 Å². The number of para-hydroxylation sites is 1. The molecule has 0 aliphatic carbocycles. The fraction of sp³-hybridized carbons (Fsp3) is 0.321. The van der Waals surface area contributed by atoms with Gasteiger partial charge >= 0.3 is 0 Å². The molecule has 1 fully saturated rings. The van der Waals surface area contributed by atoms with Crippen LogP contribution in [0, 0.1) is 17.2 Å². The number of hydrogen-bond acceptors (Lipinski definition) is 7. The number of amides is 1. The van der Waals surface area contributed by atoms with Gasteiger partial charge in [-0.25, -0.2) is 15.3 Å². The quantitative estimate of drug-likeness (QED) is 0.349. The summed E-state index contributed by atoms with van der Waals surface area (Å²) >= 11 is 0. The lowest BCUT2D eigenvalue weighted by Crippen LogP contribution is -2.34. The summed E-state index contributed by atoms with van der Waals surface area (Å²) in [7, 11) is 3.50. The average molecular weight is 487 g/mol. The molecule has 36 heavy (non-hydrogen) atoms. The maximum absolute atomic E-state index is 12.4. The van der Waals surface area contributed by atoms with Crippen LogP contribution in [0.3, 0.4) is 0 Å². The van der Waals surface area contributed by atoms with Crippen LogP contribution in [0.1, 0.15) is 37.4 Å². The largest absolute Gasteiger partial charge is 0.496 e. The summed E-state index contributed by atoms with van der Waals surface area (Å²) < 4.78 is 11.1. The summed E-state index contributed by atoms with van der Waals surface area (Å²) in [5.74, 6) is 0.779. The van der Waals surface area contributed by atoms with Gasteiger partial charge in [0, 0.05) is 36.2 Å². The summed E-state index contributed by atoms with van der Waals surface area (Å²) in [6, 6.07) is 17.3. The third-order valence-electron chi connectivity index (χ3n) is 6.38. The first-order chi connectivity index (χ1) is 17.5. The Labute approximate surface area is 211 Å². The van der Waals surface area contributed by atoms with Crippen molar-refractivity contribution in [2.45, 2.75) is 32.5 Å². The molecule has 0 radical (unpaired) electrons. The van der Waals surface area contributed by atoms with Crippen LogP contribution in [0.5, 0.6) is 5.75 Å². The van der Waals surface area contributed by atoms with Crippen LogP contribution >= 0.6 is 0 Å². The number of nitrogens with one attached hydrogen (secondary N) is 1. The van der Waals surface area contributed by atoms with Crippen LogP contribution in [0.15, 0.2) is 54.6 Å². The molecule has 4 rings (SSSR count). The zero-order chi connectivity index (χ0) is 25.5. The lowest BCUT2D eigenvalue weighted by molar-refractivity contribution is -0.207. The minimum atomic E-state index is -0.426. The Morgan fingerprint density at radius 3 is 2.83 bits per heavy atom. The number of pyridine rings is 1. The number of rotatable bonds is 8. The molecule has 1 saturated heterocycles. The molecule has 1 aromatic heterocycles. The van der Waals surface area contributed by atoms with E-state index in [4.69, 9.17) is 14.3 Å². The third kappa shape index (κ3) is 5.82. The zero-order valence-electron chi connectivity index (χ0n) is 20.7. The number of ether oxygens (including phenoxy) is 2. The van der Waals surface area contributed by atoms with E-state index < -0.39 is 12.2 Å². The molecule has 8 heteroatoms. The highest BCUT2D eigenvalue weighted by molar-refractivity contribution is 5.95. The molecule has 186 valence electrons. The van der Waals surface area contributed by atoms with Gasteiger partial charge in [0.05, 0.1) is 24.9 Å². The minimum absolute atomic E-state index is 0.341. The summed E-state index contributed by atoms with van der Waals surface area (Å²) in [4.78, 5) is 24.2. The SMILES string of the molecule is CCC1CCC(ONC(=O)/C=C/c2cc(N(C)c3cc(C#N)nc4ccccc34)ccc2OC)OC1. The summed E-state index contributed by atoms with van der Waals surface area (Å²) in [5.41, 5.74) is 5.96. The van der Waals surface area contributed by atoms with E-state index >= 15 is 0 Å². The first kappa shape index (κ1) is 25.2. The smallest absolute Gasteiger partial charge is 0.267 e. The van der Waals surface area contributed by atoms with Crippen LogP contribution in [0.2, 0.25) is 0 Å². The highest BCUT2D eigenvalue weighted by atomic mass is 16.8. The van der Waals surface area contributed by atoms with Gasteiger partial charge < -0.3 is 14.4 Å². The molecule has 2 unspecified atom stereocenters. The second-order valence-electron chi connectivity index (χ2n) is 8.67. The van der Waals surface area contributed by atoms with Crippen LogP contribution in [-0.2, 0) is 14.4 Å². The van der Waals surface area contributed by atoms with Gasteiger partial charge in [-0.05, 0) is 48.7 Å². The normalized spacial score (nSPS) is 17.6. The summed E-state index contributed by atoms with van der Waals surface area (Å²) in [5, 5.41) is 10.4. The fourth-order valence-corrected chi connectivity index (χ4v) is 4.21. The molecule has 1 aliphatic heterocycles. The maximum Gasteiger partial charge on any atom is 0.267 e. The number of nitriles is 1. The van der Waals surface area contributed by atoms with E-state index in [-0.39, 0.29) is 0 Å². The molecule has 0 saturated carbocycles. The van der Waals surface area contributed by atoms with Gasteiger partial charge in [-0.3, -0.25) is 4.79 Å². The van der Waals surface area contributed by atoms with Crippen LogP contribution in [-0.4, -0.2) is 37.9 Å². The van der Waals surface area contributed by atoms with Gasteiger partial charge in [-0.15, -0.1) is 0 Å². The highest BCUT2D eigenvalue weighted by Crippen LogP contribution is 2.34. The van der Waals surface area contributed by atoms with Gasteiger partial charge in [-0.1, -0.05) is 31.5 Å². The van der Waals surface area contributed by atoms with Crippen LogP contribution < -0.4 is 15.1 Å². The van der Waals surface area contributed by atoms with Gasteiger partial charge in [-0.2, -0.15) is 5.26 Å². The maximum atomic E-state index is 12.4. The Morgan fingerprint density at radius 2 is 2.11 bits per heavy atom. The average Bonchev–Trinajstić information content (AvgIpc) is 2.93. The number of carbonyl (C=O) groups excluding carboxylic acids is 1. The number of hydroxylamine groups is 1. The summed E-state index contributed by atoms with van der Waals surface area (Å²) in [6.07, 6.45) is 5.50. The minimum Gasteiger partial charge on any atom is -0.496 e. The Balaban J connectivity index is 1.50. The lowest BCUT2D eigenvalue weighted by atomic mass is 9.99. The highest BCUT2D eigenvalue weighted by Gasteiger charge is 2.21. The number of fused-ring (bicyclic) bond motifs is 1. The Kier molecular flexibility index (Phi) is 8.16. The van der Waals surface area contributed by atoms with Gasteiger partial charge in [0.2, 0.25) is 0 Å². The van der Waals surface area contributed by atoms with Crippen molar-refractivity contribution in [2.75, 3.05) is 25.7 Å². The number of hydrogen-bond donors (Lipinski definition) is 1. The van der Waals surface area contributed by atoms with Crippen molar-refractivity contribution in [1.82, 2.24) is 10.5 Å². The molecule has 2 atom stereocenters. The molecular formula is C28H30N4O4. The molecule has 2 aromatic carbocycles. The Hall–Kier alpha value is -3.93. The number of carbonyl (C=O) groups is 1. The van der Waals surface area contributed by atoms with Crippen molar-refractivity contribution in [1.29, 1.82) is 5.26 Å². The predicted molar refractivity (Wildman–Crippen MR) is 139 cm³/mol. The molecule has 1 aliphatic rings. The molecule has 1 amide bonds. The van der Waals surface area contributed by atoms with E-state index in [0.717, 1.165) is 47.1 Å². The van der Waals surface area contributed by atoms with Crippen molar-refractivity contribution >= 4 is 34.3 Å². The zero-order valence-corrected chi connectivity index (χ0v) is 20.7. The predicted octanol–water partition coefficient (Wildman–Crippen LogP) is 5.11. The van der Waals surface area contributed by atoms with Crippen LogP contribution in [0.25, 0.3) is 17.0 Å². The Morgan fingerprint density at radius 1 is 1.28 bits per heavy atom. The lowest BCUT2D eigenvalue weighted by Gasteiger charge is -2.27. The van der Waals surface area contributed by atoms with Gasteiger partial charge in [0.15, 0.2) is 6.29 Å². The number of methoxy groups -OCH3 is 1. The van der Waals surface area contributed by atoms with E-state index in [0.29, 0.717) is 24.0 Å². The van der Waals surface area contributed by atoms with Gasteiger partial charge in [0.25, 0.3) is 5.91 Å². The number of nitrogens with zero attached hydrogens (tertiary/aromatic N) is 3. The second kappa shape index (κ2) is 11.7. The van der Waals surface area contributed by atoms with E-state index in [1.54, 1.807) is 19.3 Å². The third-order valence-corrected chi connectivity index (χ3v) is 6.38. The number of anilines is 2. The number of aromatic nitrogens is 1. The van der Waals surface area contributed by atoms with Crippen molar-refractivity contribution in [3.63, 3.8) is 0 Å². The summed E-state index contributed by atoms with van der Waals surface area (Å²) in [6.45, 7) is 2.79. The first-order valence-corrected chi connectivity index (χ1v) is 12.0. The fourth-order valence-electron chi connectivity index (χ4n) is 4.21. The van der Waals surface area contributed by atoms with Crippen molar-refractivity contribution in [3.8, 4) is 11.8 Å². The molecule has 8 nitrogen and oxygen atoms in total. The van der Waals surface area contributed by atoms with E-state index in [2.05, 4.69) is 23.5 Å². The molecule has 0 spiro atoms. The van der Waals surface area contributed by atoms with Gasteiger partial charge in [0.1, 0.15) is 17.5 Å². The molecular weight excluding hydrogens is 456 g/mol. The Bertz CT molecular complexity index is 1290. The monoisotopic (exact) mass is 486 g/mol. The molecule has 3 aromatic rings. The van der Waals surface area contributed by atoms with E-state index in [1.807, 2.05) is 54.4 Å². The topological polar surface area (TPSA) is 96.7 Å². The molecule has 1 N–H and O–H groups in total. The molecule has 2 heterocycles. The number of benzene rings is 2. The second-order valence-corrected chi connectivity index (χ2v) is 8.67. The van der Waals surface area contributed by atoms with Crippen LogP contribution in [0.4, 0.5) is 11.4 Å². The standard InChI is InChI=1S/C28H30N4O4/c1-4-19-9-14-28(35-18-19)36-31-27(33)13-10-20-15-22(11-12-26(20)34-3)32(2)25-16-21(17-29)30-24-8-6-5-7-23(24)25/h5-8,10-13,15-16,19,28H,4,9,14,18H2,1-3H3,(H,31,33)/b13-10+. The van der Waals surface area contributed by atoms with E-state index in [9.17, 15) is 10.1 Å².